The Morgan fingerprint density at radius 3 is 2.65 bits per heavy atom. The van der Waals surface area contributed by atoms with Crippen LogP contribution in [0.25, 0.3) is 28.2 Å². The summed E-state index contributed by atoms with van der Waals surface area (Å²) in [5.41, 5.74) is 5.12. The summed E-state index contributed by atoms with van der Waals surface area (Å²) in [6, 6.07) is 15.9. The molecule has 4 aromatic rings. The van der Waals surface area contributed by atoms with Gasteiger partial charge >= 0.3 is 0 Å². The van der Waals surface area contributed by atoms with Crippen molar-refractivity contribution in [1.82, 2.24) is 19.7 Å². The van der Waals surface area contributed by atoms with Crippen molar-refractivity contribution in [2.75, 3.05) is 19.0 Å². The van der Waals surface area contributed by atoms with E-state index in [2.05, 4.69) is 33.9 Å². The predicted octanol–water partition coefficient (Wildman–Crippen LogP) is 5.03. The van der Waals surface area contributed by atoms with Crippen molar-refractivity contribution in [3.05, 3.63) is 66.5 Å². The maximum Gasteiger partial charge on any atom is 0.251 e. The molecular weight excluding hydrogens is 426 g/mol. The van der Waals surface area contributed by atoms with Crippen molar-refractivity contribution < 1.29 is 9.53 Å². The summed E-state index contributed by atoms with van der Waals surface area (Å²) in [6.07, 6.45) is 6.00. The summed E-state index contributed by atoms with van der Waals surface area (Å²) in [5, 5.41) is 6.50. The smallest absolute Gasteiger partial charge is 0.251 e. The number of methoxy groups -OCH3 is 1. The quantitative estimate of drug-likeness (QED) is 0.389. The number of nitrogens with one attached hydrogen (secondary N) is 2. The number of hydrogen-bond donors (Lipinski definition) is 2. The van der Waals surface area contributed by atoms with E-state index in [0.29, 0.717) is 17.5 Å². The van der Waals surface area contributed by atoms with Crippen LogP contribution >= 0.6 is 0 Å². The molecule has 1 amide bonds. The molecule has 0 aliphatic heterocycles. The lowest BCUT2D eigenvalue weighted by molar-refractivity contribution is 0.0951. The number of carbonyl (C=O) groups is 1. The zero-order chi connectivity index (χ0) is 23.7. The molecule has 2 aromatic heterocycles. The molecule has 34 heavy (non-hydrogen) atoms. The number of aromatic nitrogens is 3. The molecule has 0 spiro atoms. The fourth-order valence-corrected chi connectivity index (χ4v) is 3.83. The molecule has 2 heterocycles. The standard InChI is InChI=1S/C27H29N5O2/c1-17(2)14-28-25-26-29-15-24(18-7-9-19(10-8-18)27(33)30-21-11-12-21)32(26)16-23(31-25)20-5-4-6-22(13-20)34-3/h4-10,13,15-17,21H,11-12,14H2,1-3H3,(H,28,31)(H,30,33). The molecular formula is C27H29N5O2. The van der Waals surface area contributed by atoms with Gasteiger partial charge < -0.3 is 15.4 Å². The number of fused-ring (bicyclic) bond motifs is 1. The number of carbonyl (C=O) groups excluding carboxylic acids is 1. The third-order valence-corrected chi connectivity index (χ3v) is 5.89. The van der Waals surface area contributed by atoms with Gasteiger partial charge in [0.25, 0.3) is 5.91 Å². The fourth-order valence-electron chi connectivity index (χ4n) is 3.83. The molecule has 0 saturated heterocycles. The first-order valence-corrected chi connectivity index (χ1v) is 11.7. The van der Waals surface area contributed by atoms with E-state index in [1.54, 1.807) is 7.11 Å². The third kappa shape index (κ3) is 4.59. The second-order valence-corrected chi connectivity index (χ2v) is 9.14. The highest BCUT2D eigenvalue weighted by atomic mass is 16.5. The number of nitrogens with zero attached hydrogens (tertiary/aromatic N) is 3. The van der Waals surface area contributed by atoms with E-state index in [9.17, 15) is 4.79 Å². The third-order valence-electron chi connectivity index (χ3n) is 5.89. The molecule has 174 valence electrons. The van der Waals surface area contributed by atoms with E-state index < -0.39 is 0 Å². The van der Waals surface area contributed by atoms with Gasteiger partial charge in [-0.2, -0.15) is 0 Å². The molecule has 1 fully saturated rings. The van der Waals surface area contributed by atoms with Crippen molar-refractivity contribution in [2.24, 2.45) is 5.92 Å². The van der Waals surface area contributed by atoms with Crippen molar-refractivity contribution in [3.8, 4) is 28.3 Å². The lowest BCUT2D eigenvalue weighted by atomic mass is 10.1. The van der Waals surface area contributed by atoms with Crippen molar-refractivity contribution in [3.63, 3.8) is 0 Å². The maximum absolute atomic E-state index is 12.4. The Labute approximate surface area is 199 Å². The molecule has 0 radical (unpaired) electrons. The van der Waals surface area contributed by atoms with E-state index in [4.69, 9.17) is 9.72 Å². The van der Waals surface area contributed by atoms with Gasteiger partial charge in [-0.05, 0) is 43.0 Å². The Bertz CT molecular complexity index is 1320. The lowest BCUT2D eigenvalue weighted by Gasteiger charge is -2.13. The topological polar surface area (TPSA) is 80.5 Å². The van der Waals surface area contributed by atoms with Crippen LogP contribution in [0, 0.1) is 5.92 Å². The molecule has 1 aliphatic rings. The maximum atomic E-state index is 12.4. The van der Waals surface area contributed by atoms with E-state index in [1.807, 2.05) is 60.9 Å². The van der Waals surface area contributed by atoms with Gasteiger partial charge in [-0.15, -0.1) is 0 Å². The summed E-state index contributed by atoms with van der Waals surface area (Å²) < 4.78 is 7.47. The second kappa shape index (κ2) is 9.17. The summed E-state index contributed by atoms with van der Waals surface area (Å²) in [6.45, 7) is 5.11. The Hall–Kier alpha value is -3.87. The number of amides is 1. The van der Waals surface area contributed by atoms with Gasteiger partial charge in [-0.25, -0.2) is 9.97 Å². The minimum atomic E-state index is -0.0168. The first kappa shape index (κ1) is 21.9. The largest absolute Gasteiger partial charge is 0.497 e. The first-order chi connectivity index (χ1) is 16.5. The van der Waals surface area contributed by atoms with Crippen LogP contribution in [0.15, 0.2) is 60.9 Å². The number of hydrogen-bond acceptors (Lipinski definition) is 5. The van der Waals surface area contributed by atoms with Crippen LogP contribution in [-0.2, 0) is 0 Å². The zero-order valence-electron chi connectivity index (χ0n) is 19.7. The van der Waals surface area contributed by atoms with Crippen LogP contribution in [0.2, 0.25) is 0 Å². The minimum absolute atomic E-state index is 0.0168. The number of benzene rings is 2. The first-order valence-electron chi connectivity index (χ1n) is 11.7. The van der Waals surface area contributed by atoms with Gasteiger partial charge in [-0.1, -0.05) is 38.1 Å². The second-order valence-electron chi connectivity index (χ2n) is 9.14. The van der Waals surface area contributed by atoms with E-state index in [-0.39, 0.29) is 5.91 Å². The molecule has 7 heteroatoms. The molecule has 0 unspecified atom stereocenters. The van der Waals surface area contributed by atoms with Crippen molar-refractivity contribution >= 4 is 17.4 Å². The van der Waals surface area contributed by atoms with E-state index in [0.717, 1.165) is 59.1 Å². The van der Waals surface area contributed by atoms with Crippen molar-refractivity contribution in [2.45, 2.75) is 32.7 Å². The monoisotopic (exact) mass is 455 g/mol. The molecule has 1 aliphatic carbocycles. The lowest BCUT2D eigenvalue weighted by Crippen LogP contribution is -2.25. The average molecular weight is 456 g/mol. The van der Waals surface area contributed by atoms with Crippen LogP contribution < -0.4 is 15.4 Å². The Balaban J connectivity index is 1.55. The summed E-state index contributed by atoms with van der Waals surface area (Å²) >= 11 is 0. The highest BCUT2D eigenvalue weighted by Gasteiger charge is 2.23. The molecule has 0 atom stereocenters. The van der Waals surface area contributed by atoms with Gasteiger partial charge in [-0.3, -0.25) is 9.20 Å². The highest BCUT2D eigenvalue weighted by Crippen LogP contribution is 2.29. The fraction of sp³-hybridized carbons (Fsp3) is 0.296. The van der Waals surface area contributed by atoms with Crippen LogP contribution in [0.4, 0.5) is 5.82 Å². The van der Waals surface area contributed by atoms with Gasteiger partial charge in [0.15, 0.2) is 11.5 Å². The summed E-state index contributed by atoms with van der Waals surface area (Å²) in [4.78, 5) is 21.9. The highest BCUT2D eigenvalue weighted by molar-refractivity contribution is 5.95. The molecule has 0 bridgehead atoms. The van der Waals surface area contributed by atoms with Crippen LogP contribution in [0.3, 0.4) is 0 Å². The number of ether oxygens (including phenoxy) is 1. The normalized spacial score (nSPS) is 13.3. The van der Waals surface area contributed by atoms with E-state index in [1.165, 1.54) is 0 Å². The Morgan fingerprint density at radius 2 is 1.94 bits per heavy atom. The Kier molecular flexibility index (Phi) is 5.92. The van der Waals surface area contributed by atoms with Gasteiger partial charge in [0.05, 0.1) is 24.7 Å². The van der Waals surface area contributed by atoms with E-state index >= 15 is 0 Å². The minimum Gasteiger partial charge on any atom is -0.497 e. The average Bonchev–Trinajstić information content (AvgIpc) is 3.57. The SMILES string of the molecule is COc1cccc(-c2cn3c(-c4ccc(C(=O)NC5CC5)cc4)cnc3c(NCC(C)C)n2)c1. The van der Waals surface area contributed by atoms with Crippen molar-refractivity contribution in [1.29, 1.82) is 0 Å². The number of imidazole rings is 1. The molecule has 5 rings (SSSR count). The number of anilines is 1. The van der Waals surface area contributed by atoms with Crippen LogP contribution in [0.5, 0.6) is 5.75 Å². The predicted molar refractivity (Wildman–Crippen MR) is 134 cm³/mol. The Morgan fingerprint density at radius 1 is 1.15 bits per heavy atom. The molecule has 1 saturated carbocycles. The van der Waals surface area contributed by atoms with Crippen LogP contribution in [-0.4, -0.2) is 40.0 Å². The molecule has 2 aromatic carbocycles. The van der Waals surface area contributed by atoms with Gasteiger partial charge in [0.1, 0.15) is 5.75 Å². The summed E-state index contributed by atoms with van der Waals surface area (Å²) in [5.74, 6) is 1.96. The number of rotatable bonds is 8. The zero-order valence-corrected chi connectivity index (χ0v) is 19.7. The van der Waals surface area contributed by atoms with Gasteiger partial charge in [0.2, 0.25) is 0 Å². The van der Waals surface area contributed by atoms with Gasteiger partial charge in [0, 0.05) is 35.5 Å². The molecule has 2 N–H and O–H groups in total. The van der Waals surface area contributed by atoms with Crippen LogP contribution in [0.1, 0.15) is 37.0 Å². The summed E-state index contributed by atoms with van der Waals surface area (Å²) in [7, 11) is 1.66. The molecule has 7 nitrogen and oxygen atoms in total.